The Morgan fingerprint density at radius 2 is 2.08 bits per heavy atom. The highest BCUT2D eigenvalue weighted by Crippen LogP contribution is 2.21. The van der Waals surface area contributed by atoms with Crippen molar-refractivity contribution < 1.29 is 9.21 Å². The Bertz CT molecular complexity index is 816. The average molecular weight is 342 g/mol. The molecule has 1 N–H and O–H groups in total. The van der Waals surface area contributed by atoms with E-state index < -0.39 is 0 Å². The van der Waals surface area contributed by atoms with Gasteiger partial charge in [-0.15, -0.1) is 0 Å². The summed E-state index contributed by atoms with van der Waals surface area (Å²) in [6, 6.07) is 10.8. The molecule has 1 atom stereocenters. The van der Waals surface area contributed by atoms with Gasteiger partial charge in [0.1, 0.15) is 6.26 Å². The van der Waals surface area contributed by atoms with Crippen LogP contribution in [-0.4, -0.2) is 15.9 Å². The largest absolute Gasteiger partial charge is 0.444 e. The lowest BCUT2D eigenvalue weighted by Crippen LogP contribution is -2.28. The van der Waals surface area contributed by atoms with Crippen molar-refractivity contribution in [2.24, 2.45) is 0 Å². The van der Waals surface area contributed by atoms with Crippen LogP contribution in [-0.2, 0) is 11.2 Å². The molecule has 122 valence electrons. The van der Waals surface area contributed by atoms with E-state index in [9.17, 15) is 4.79 Å². The lowest BCUT2D eigenvalue weighted by molar-refractivity contribution is -0.121. The van der Waals surface area contributed by atoms with Crippen LogP contribution < -0.4 is 5.32 Å². The Morgan fingerprint density at radius 1 is 1.29 bits per heavy atom. The molecule has 0 aliphatic carbocycles. The molecule has 1 amide bonds. The summed E-state index contributed by atoms with van der Waals surface area (Å²) < 4.78 is 5.44. The predicted octanol–water partition coefficient (Wildman–Crippen LogP) is 3.81. The third-order valence-electron chi connectivity index (χ3n) is 3.55. The zero-order valence-electron chi connectivity index (χ0n) is 13.1. The summed E-state index contributed by atoms with van der Waals surface area (Å²) in [5.74, 6) is 0.345. The van der Waals surface area contributed by atoms with Crippen LogP contribution >= 0.6 is 11.6 Å². The molecule has 0 saturated heterocycles. The Morgan fingerprint density at radius 3 is 2.79 bits per heavy atom. The molecule has 2 aromatic heterocycles. The number of aromatic nitrogens is 2. The molecule has 0 aliphatic rings. The number of nitrogens with zero attached hydrogens (tertiary/aromatic N) is 2. The molecule has 0 bridgehead atoms. The van der Waals surface area contributed by atoms with E-state index in [4.69, 9.17) is 16.0 Å². The number of nitrogens with one attached hydrogen (secondary N) is 1. The number of benzene rings is 1. The number of amides is 1. The molecule has 1 aromatic carbocycles. The van der Waals surface area contributed by atoms with Crippen LogP contribution in [0.15, 0.2) is 59.5 Å². The van der Waals surface area contributed by atoms with E-state index in [1.54, 1.807) is 24.5 Å². The van der Waals surface area contributed by atoms with Gasteiger partial charge in [-0.05, 0) is 42.8 Å². The SMILES string of the molecule is C[C@H](NC(=O)Cc1coc(-c2ccc(Cl)cc2)n1)c1cccnc1. The molecule has 2 heterocycles. The number of rotatable bonds is 5. The van der Waals surface area contributed by atoms with Crippen LogP contribution in [0.1, 0.15) is 24.2 Å². The third-order valence-corrected chi connectivity index (χ3v) is 3.80. The number of carbonyl (C=O) groups is 1. The zero-order valence-corrected chi connectivity index (χ0v) is 13.8. The summed E-state index contributed by atoms with van der Waals surface area (Å²) in [4.78, 5) is 20.6. The van der Waals surface area contributed by atoms with Crippen molar-refractivity contribution in [2.75, 3.05) is 0 Å². The summed E-state index contributed by atoms with van der Waals surface area (Å²) in [6.07, 6.45) is 5.09. The van der Waals surface area contributed by atoms with Crippen molar-refractivity contribution in [2.45, 2.75) is 19.4 Å². The van der Waals surface area contributed by atoms with E-state index in [1.807, 2.05) is 31.2 Å². The predicted molar refractivity (Wildman–Crippen MR) is 91.4 cm³/mol. The van der Waals surface area contributed by atoms with E-state index in [0.29, 0.717) is 16.6 Å². The summed E-state index contributed by atoms with van der Waals surface area (Å²) in [7, 11) is 0. The van der Waals surface area contributed by atoms with Crippen molar-refractivity contribution in [3.8, 4) is 11.5 Å². The van der Waals surface area contributed by atoms with E-state index >= 15 is 0 Å². The number of hydrogen-bond donors (Lipinski definition) is 1. The van der Waals surface area contributed by atoms with Crippen molar-refractivity contribution >= 4 is 17.5 Å². The van der Waals surface area contributed by atoms with Gasteiger partial charge in [0.15, 0.2) is 0 Å². The molecule has 3 aromatic rings. The van der Waals surface area contributed by atoms with Gasteiger partial charge in [-0.1, -0.05) is 17.7 Å². The van der Waals surface area contributed by atoms with Crippen LogP contribution in [0.4, 0.5) is 0 Å². The van der Waals surface area contributed by atoms with Crippen LogP contribution in [0, 0.1) is 0 Å². The van der Waals surface area contributed by atoms with Crippen LogP contribution in [0.5, 0.6) is 0 Å². The van der Waals surface area contributed by atoms with Crippen molar-refractivity contribution in [1.82, 2.24) is 15.3 Å². The molecule has 0 fully saturated rings. The van der Waals surface area contributed by atoms with Gasteiger partial charge < -0.3 is 9.73 Å². The smallest absolute Gasteiger partial charge is 0.226 e. The van der Waals surface area contributed by atoms with Gasteiger partial charge in [0, 0.05) is 23.0 Å². The van der Waals surface area contributed by atoms with E-state index in [2.05, 4.69) is 15.3 Å². The molecule has 0 spiro atoms. The zero-order chi connectivity index (χ0) is 16.9. The monoisotopic (exact) mass is 341 g/mol. The minimum atomic E-state index is -0.123. The standard InChI is InChI=1S/C18H16ClN3O2/c1-12(14-3-2-8-20-10-14)21-17(23)9-16-11-24-18(22-16)13-4-6-15(19)7-5-13/h2-8,10-12H,9H2,1H3,(H,21,23)/t12-/m0/s1. The average Bonchev–Trinajstić information content (AvgIpc) is 3.04. The topological polar surface area (TPSA) is 68.0 Å². The summed E-state index contributed by atoms with van der Waals surface area (Å²) >= 11 is 5.86. The summed E-state index contributed by atoms with van der Waals surface area (Å²) in [5.41, 5.74) is 2.35. The second kappa shape index (κ2) is 7.27. The van der Waals surface area contributed by atoms with Gasteiger partial charge in [0.2, 0.25) is 11.8 Å². The van der Waals surface area contributed by atoms with E-state index in [0.717, 1.165) is 11.1 Å². The highest BCUT2D eigenvalue weighted by molar-refractivity contribution is 6.30. The summed E-state index contributed by atoms with van der Waals surface area (Å²) in [5, 5.41) is 3.57. The highest BCUT2D eigenvalue weighted by atomic mass is 35.5. The first-order valence-corrected chi connectivity index (χ1v) is 7.89. The number of pyridine rings is 1. The summed E-state index contributed by atoms with van der Waals surface area (Å²) in [6.45, 7) is 1.91. The minimum Gasteiger partial charge on any atom is -0.444 e. The molecular formula is C18H16ClN3O2. The second-order valence-electron chi connectivity index (χ2n) is 5.40. The van der Waals surface area contributed by atoms with E-state index in [-0.39, 0.29) is 18.4 Å². The molecule has 24 heavy (non-hydrogen) atoms. The molecule has 5 nitrogen and oxygen atoms in total. The first kappa shape index (κ1) is 16.2. The number of oxazole rings is 1. The second-order valence-corrected chi connectivity index (χ2v) is 5.84. The maximum Gasteiger partial charge on any atom is 0.226 e. The lowest BCUT2D eigenvalue weighted by atomic mass is 10.1. The fourth-order valence-corrected chi connectivity index (χ4v) is 2.41. The Labute approximate surface area is 144 Å². The highest BCUT2D eigenvalue weighted by Gasteiger charge is 2.13. The molecule has 0 unspecified atom stereocenters. The maximum atomic E-state index is 12.2. The molecule has 0 saturated carbocycles. The van der Waals surface area contributed by atoms with Gasteiger partial charge in [-0.2, -0.15) is 0 Å². The van der Waals surface area contributed by atoms with Crippen LogP contribution in [0.25, 0.3) is 11.5 Å². The van der Waals surface area contributed by atoms with Gasteiger partial charge in [0.25, 0.3) is 0 Å². The van der Waals surface area contributed by atoms with Crippen molar-refractivity contribution in [1.29, 1.82) is 0 Å². The Balaban J connectivity index is 1.62. The Kier molecular flexibility index (Phi) is 4.91. The molecular weight excluding hydrogens is 326 g/mol. The fraction of sp³-hybridized carbons (Fsp3) is 0.167. The molecule has 3 rings (SSSR count). The number of carbonyl (C=O) groups excluding carboxylic acids is 1. The van der Waals surface area contributed by atoms with Crippen molar-refractivity contribution in [3.05, 3.63) is 71.3 Å². The van der Waals surface area contributed by atoms with Crippen LogP contribution in [0.2, 0.25) is 5.02 Å². The quantitative estimate of drug-likeness (QED) is 0.766. The van der Waals surface area contributed by atoms with Gasteiger partial charge in [0.05, 0.1) is 18.2 Å². The fourth-order valence-electron chi connectivity index (χ4n) is 2.29. The number of halogens is 1. The molecule has 0 aliphatic heterocycles. The lowest BCUT2D eigenvalue weighted by Gasteiger charge is -2.13. The Hall–Kier alpha value is -2.66. The van der Waals surface area contributed by atoms with Gasteiger partial charge in [-0.25, -0.2) is 4.98 Å². The van der Waals surface area contributed by atoms with Gasteiger partial charge >= 0.3 is 0 Å². The maximum absolute atomic E-state index is 12.2. The molecule has 0 radical (unpaired) electrons. The number of hydrogen-bond acceptors (Lipinski definition) is 4. The minimum absolute atomic E-state index is 0.117. The third kappa shape index (κ3) is 4.00. The van der Waals surface area contributed by atoms with Crippen LogP contribution in [0.3, 0.4) is 0 Å². The first-order chi connectivity index (χ1) is 11.6. The van der Waals surface area contributed by atoms with E-state index in [1.165, 1.54) is 6.26 Å². The van der Waals surface area contributed by atoms with Crippen molar-refractivity contribution in [3.63, 3.8) is 0 Å². The van der Waals surface area contributed by atoms with Gasteiger partial charge in [-0.3, -0.25) is 9.78 Å². The first-order valence-electron chi connectivity index (χ1n) is 7.51. The normalized spacial score (nSPS) is 11.9. The molecule has 6 heteroatoms.